The first-order chi connectivity index (χ1) is 13.0. The lowest BCUT2D eigenvalue weighted by Gasteiger charge is -2.13. The monoisotopic (exact) mass is 402 g/mol. The number of thiocarbonyl (C=S) groups is 1. The third-order valence-electron chi connectivity index (χ3n) is 3.93. The van der Waals surface area contributed by atoms with Crippen LogP contribution in [-0.2, 0) is 9.59 Å². The summed E-state index contributed by atoms with van der Waals surface area (Å²) >= 11 is 6.47. The van der Waals surface area contributed by atoms with Crippen LogP contribution in [0.3, 0.4) is 0 Å². The smallest absolute Gasteiger partial charge is 0.303 e. The Morgan fingerprint density at radius 1 is 1.37 bits per heavy atom. The maximum absolute atomic E-state index is 12.6. The number of aliphatic carboxylic acids is 1. The van der Waals surface area contributed by atoms with Gasteiger partial charge >= 0.3 is 5.97 Å². The number of pyridine rings is 1. The summed E-state index contributed by atoms with van der Waals surface area (Å²) in [5.41, 5.74) is 1.38. The Morgan fingerprint density at radius 3 is 2.93 bits per heavy atom. The van der Waals surface area contributed by atoms with E-state index < -0.39 is 5.97 Å². The number of benzene rings is 1. The number of nitrogens with zero attached hydrogens (tertiary/aromatic N) is 2. The summed E-state index contributed by atoms with van der Waals surface area (Å²) in [6.07, 6.45) is 2.07. The molecule has 27 heavy (non-hydrogen) atoms. The van der Waals surface area contributed by atoms with Gasteiger partial charge in [0.2, 0.25) is 0 Å². The van der Waals surface area contributed by atoms with Crippen LogP contribution in [0.25, 0.3) is 17.0 Å². The van der Waals surface area contributed by atoms with E-state index >= 15 is 0 Å². The maximum atomic E-state index is 12.6. The second-order valence-corrected chi connectivity index (χ2v) is 7.50. The molecule has 0 saturated carbocycles. The molecule has 140 valence electrons. The first kappa shape index (κ1) is 19.3. The average molecular weight is 402 g/mol. The van der Waals surface area contributed by atoms with Gasteiger partial charge in [-0.05, 0) is 31.6 Å². The molecule has 1 amide bonds. The molecule has 2 heterocycles. The van der Waals surface area contributed by atoms with E-state index in [0.717, 1.165) is 10.9 Å². The van der Waals surface area contributed by atoms with E-state index in [1.54, 1.807) is 6.08 Å². The fourth-order valence-corrected chi connectivity index (χ4v) is 4.00. The van der Waals surface area contributed by atoms with Crippen LogP contribution in [0.4, 0.5) is 0 Å². The van der Waals surface area contributed by atoms with Crippen molar-refractivity contribution in [1.82, 2.24) is 9.88 Å². The van der Waals surface area contributed by atoms with E-state index in [-0.39, 0.29) is 12.3 Å². The topological polar surface area (TPSA) is 79.7 Å². The predicted octanol–water partition coefficient (Wildman–Crippen LogP) is 3.70. The molecule has 1 fully saturated rings. The number of hydrogen-bond donors (Lipinski definition) is 1. The van der Waals surface area contributed by atoms with Crippen LogP contribution >= 0.6 is 24.0 Å². The minimum absolute atomic E-state index is 0.00252. The number of carbonyl (C=O) groups excluding carboxylic acids is 1. The Kier molecular flexibility index (Phi) is 6.08. The maximum Gasteiger partial charge on any atom is 0.303 e. The number of carboxylic acids is 1. The largest absolute Gasteiger partial charge is 0.492 e. The number of carboxylic acid groups (broad SMARTS) is 1. The van der Waals surface area contributed by atoms with Gasteiger partial charge in [0, 0.05) is 18.4 Å². The molecule has 1 aliphatic rings. The van der Waals surface area contributed by atoms with Crippen LogP contribution in [0.1, 0.15) is 25.5 Å². The van der Waals surface area contributed by atoms with Gasteiger partial charge in [0.1, 0.15) is 15.6 Å². The molecule has 0 aliphatic carbocycles. The number of amides is 1. The third-order valence-corrected chi connectivity index (χ3v) is 5.31. The minimum atomic E-state index is -0.888. The molecular formula is C19H18N2O4S2. The van der Waals surface area contributed by atoms with Gasteiger partial charge in [-0.1, -0.05) is 42.2 Å². The quantitative estimate of drug-likeness (QED) is 0.559. The van der Waals surface area contributed by atoms with Gasteiger partial charge in [0.25, 0.3) is 5.91 Å². The number of hydrogen-bond acceptors (Lipinski definition) is 6. The van der Waals surface area contributed by atoms with Crippen LogP contribution in [0.2, 0.25) is 0 Å². The highest BCUT2D eigenvalue weighted by molar-refractivity contribution is 8.26. The number of rotatable bonds is 7. The van der Waals surface area contributed by atoms with Crippen LogP contribution < -0.4 is 4.74 Å². The molecule has 0 unspecified atom stereocenters. The van der Waals surface area contributed by atoms with E-state index in [1.807, 2.05) is 37.3 Å². The van der Waals surface area contributed by atoms with Crippen LogP contribution in [0.15, 0.2) is 35.2 Å². The first-order valence-corrected chi connectivity index (χ1v) is 9.72. The zero-order valence-corrected chi connectivity index (χ0v) is 16.3. The summed E-state index contributed by atoms with van der Waals surface area (Å²) in [5, 5.41) is 9.70. The normalized spacial score (nSPS) is 15.7. The lowest BCUT2D eigenvalue weighted by molar-refractivity contribution is -0.137. The van der Waals surface area contributed by atoms with E-state index in [1.165, 1.54) is 16.7 Å². The molecular weight excluding hydrogens is 384 g/mol. The van der Waals surface area contributed by atoms with Gasteiger partial charge in [-0.25, -0.2) is 4.98 Å². The van der Waals surface area contributed by atoms with E-state index in [4.69, 9.17) is 22.1 Å². The Balaban J connectivity index is 1.84. The highest BCUT2D eigenvalue weighted by Crippen LogP contribution is 2.33. The molecule has 1 N–H and O–H groups in total. The Labute approximate surface area is 166 Å². The lowest BCUT2D eigenvalue weighted by Crippen LogP contribution is -2.29. The molecule has 1 aliphatic heterocycles. The zero-order valence-electron chi connectivity index (χ0n) is 14.7. The fourth-order valence-electron chi connectivity index (χ4n) is 2.70. The van der Waals surface area contributed by atoms with Crippen molar-refractivity contribution in [2.24, 2.45) is 0 Å². The number of para-hydroxylation sites is 1. The minimum Gasteiger partial charge on any atom is -0.492 e. The van der Waals surface area contributed by atoms with Crippen LogP contribution in [-0.4, -0.2) is 44.3 Å². The summed E-state index contributed by atoms with van der Waals surface area (Å²) in [6.45, 7) is 2.76. The highest BCUT2D eigenvalue weighted by Gasteiger charge is 2.31. The number of aromatic nitrogens is 1. The van der Waals surface area contributed by atoms with Gasteiger partial charge in [-0.3, -0.25) is 14.5 Å². The molecule has 2 aromatic rings. The standard InChI is InChI=1S/C19H18N2O4S2/c1-2-25-14-6-3-5-12-8-9-13(20-17(12)14)11-15-18(24)21(19(26)27-15)10-4-7-16(22)23/h3,5-6,8-9,11H,2,4,7,10H2,1H3,(H,22,23). The van der Waals surface area contributed by atoms with Crippen molar-refractivity contribution >= 4 is 57.2 Å². The molecule has 6 nitrogen and oxygen atoms in total. The molecule has 1 aromatic heterocycles. The van der Waals surface area contributed by atoms with Crippen molar-refractivity contribution in [3.8, 4) is 5.75 Å². The molecule has 1 aromatic carbocycles. The second-order valence-electron chi connectivity index (χ2n) is 5.83. The van der Waals surface area contributed by atoms with Gasteiger partial charge in [-0.2, -0.15) is 0 Å². The van der Waals surface area contributed by atoms with Crippen molar-refractivity contribution in [2.45, 2.75) is 19.8 Å². The molecule has 0 spiro atoms. The van der Waals surface area contributed by atoms with Gasteiger partial charge < -0.3 is 9.84 Å². The molecule has 0 radical (unpaired) electrons. The summed E-state index contributed by atoms with van der Waals surface area (Å²) in [6, 6.07) is 9.51. The molecule has 3 rings (SSSR count). The molecule has 8 heteroatoms. The Bertz CT molecular complexity index is 942. The first-order valence-electron chi connectivity index (χ1n) is 8.49. The van der Waals surface area contributed by atoms with Crippen molar-refractivity contribution in [3.05, 3.63) is 40.9 Å². The van der Waals surface area contributed by atoms with E-state index in [9.17, 15) is 9.59 Å². The van der Waals surface area contributed by atoms with Crippen molar-refractivity contribution in [2.75, 3.05) is 13.2 Å². The van der Waals surface area contributed by atoms with Crippen LogP contribution in [0.5, 0.6) is 5.75 Å². The summed E-state index contributed by atoms with van der Waals surface area (Å²) < 4.78 is 6.07. The highest BCUT2D eigenvalue weighted by atomic mass is 32.2. The van der Waals surface area contributed by atoms with Crippen molar-refractivity contribution < 1.29 is 19.4 Å². The number of fused-ring (bicyclic) bond motifs is 1. The van der Waals surface area contributed by atoms with Gasteiger partial charge in [0.05, 0.1) is 17.2 Å². The molecule has 0 atom stereocenters. The van der Waals surface area contributed by atoms with Crippen molar-refractivity contribution in [1.29, 1.82) is 0 Å². The van der Waals surface area contributed by atoms with Gasteiger partial charge in [0.15, 0.2) is 0 Å². The average Bonchev–Trinajstić information content (AvgIpc) is 2.89. The summed E-state index contributed by atoms with van der Waals surface area (Å²) in [4.78, 5) is 29.8. The Morgan fingerprint density at radius 2 is 2.19 bits per heavy atom. The summed E-state index contributed by atoms with van der Waals surface area (Å²) in [5.74, 6) is -0.400. The van der Waals surface area contributed by atoms with Crippen molar-refractivity contribution in [3.63, 3.8) is 0 Å². The Hall–Kier alpha value is -2.45. The lowest BCUT2D eigenvalue weighted by atomic mass is 10.2. The van der Waals surface area contributed by atoms with Crippen LogP contribution in [0, 0.1) is 0 Å². The number of carbonyl (C=O) groups is 2. The second kappa shape index (κ2) is 8.49. The van der Waals surface area contributed by atoms with Gasteiger partial charge in [-0.15, -0.1) is 0 Å². The zero-order chi connectivity index (χ0) is 19.4. The summed E-state index contributed by atoms with van der Waals surface area (Å²) in [7, 11) is 0. The van der Waals surface area contributed by atoms with E-state index in [0.29, 0.717) is 40.2 Å². The third kappa shape index (κ3) is 4.45. The fraction of sp³-hybridized carbons (Fsp3) is 0.263. The molecule has 1 saturated heterocycles. The SMILES string of the molecule is CCOc1cccc2ccc(C=C3SC(=S)N(CCCC(=O)O)C3=O)nc12. The number of thioether (sulfide) groups is 1. The molecule has 0 bridgehead atoms. The van der Waals surface area contributed by atoms with E-state index in [2.05, 4.69) is 4.98 Å². The number of ether oxygens (including phenoxy) is 1. The predicted molar refractivity (Wildman–Crippen MR) is 110 cm³/mol.